The lowest BCUT2D eigenvalue weighted by molar-refractivity contribution is 0.338. The van der Waals surface area contributed by atoms with E-state index in [9.17, 15) is 13.2 Å². The van der Waals surface area contributed by atoms with E-state index in [1.807, 2.05) is 0 Å². The van der Waals surface area contributed by atoms with Crippen LogP contribution < -0.4 is 11.1 Å². The van der Waals surface area contributed by atoms with Crippen LogP contribution in [0.15, 0.2) is 12.1 Å². The minimum Gasteiger partial charge on any atom is -0.380 e. The van der Waals surface area contributed by atoms with Crippen LogP contribution in [0.2, 0.25) is 0 Å². The molecule has 1 fully saturated rings. The smallest absolute Gasteiger partial charge is 0.152 e. The molecule has 0 aliphatic heterocycles. The molecule has 3 N–H and O–H groups in total. The number of rotatable bonds is 3. The highest BCUT2D eigenvalue weighted by Gasteiger charge is 2.19. The summed E-state index contributed by atoms with van der Waals surface area (Å²) in [5, 5.41) is 2.74. The van der Waals surface area contributed by atoms with Gasteiger partial charge in [0.15, 0.2) is 11.6 Å². The second kappa shape index (κ2) is 5.61. The van der Waals surface area contributed by atoms with Crippen molar-refractivity contribution < 1.29 is 13.2 Å². The molecular weight excluding hydrogens is 241 g/mol. The summed E-state index contributed by atoms with van der Waals surface area (Å²) >= 11 is 0. The van der Waals surface area contributed by atoms with Gasteiger partial charge >= 0.3 is 0 Å². The van der Waals surface area contributed by atoms with Gasteiger partial charge in [0.25, 0.3) is 0 Å². The van der Waals surface area contributed by atoms with Crippen molar-refractivity contribution in [2.45, 2.75) is 31.7 Å². The molecule has 1 aromatic carbocycles. The maximum atomic E-state index is 13.4. The van der Waals surface area contributed by atoms with E-state index < -0.39 is 17.5 Å². The third-order valence-corrected chi connectivity index (χ3v) is 3.47. The molecule has 0 saturated heterocycles. The van der Waals surface area contributed by atoms with Gasteiger partial charge in [0.2, 0.25) is 0 Å². The van der Waals surface area contributed by atoms with Crippen molar-refractivity contribution in [3.8, 4) is 0 Å². The van der Waals surface area contributed by atoms with E-state index in [0.717, 1.165) is 25.7 Å². The van der Waals surface area contributed by atoms with Gasteiger partial charge in [0.05, 0.1) is 0 Å². The first kappa shape index (κ1) is 13.2. The first-order valence-electron chi connectivity index (χ1n) is 6.20. The highest BCUT2D eigenvalue weighted by molar-refractivity contribution is 5.46. The molecule has 0 heterocycles. The molecule has 1 aliphatic carbocycles. The van der Waals surface area contributed by atoms with Crippen LogP contribution in [0.5, 0.6) is 0 Å². The molecule has 100 valence electrons. The molecule has 1 aliphatic rings. The molecule has 0 spiro atoms. The van der Waals surface area contributed by atoms with Crippen molar-refractivity contribution in [2.75, 3.05) is 11.9 Å². The summed E-state index contributed by atoms with van der Waals surface area (Å²) in [5.74, 6) is -2.31. The molecule has 18 heavy (non-hydrogen) atoms. The molecule has 0 radical (unpaired) electrons. The van der Waals surface area contributed by atoms with Gasteiger partial charge in [0, 0.05) is 24.7 Å². The standard InChI is InChI=1S/C13H17F3N2/c14-9-5-11(15)13(12(16)6-9)18-7-8-1-3-10(17)4-2-8/h5-6,8,10,18H,1-4,7,17H2. The predicted molar refractivity (Wildman–Crippen MR) is 64.7 cm³/mol. The summed E-state index contributed by atoms with van der Waals surface area (Å²) in [5.41, 5.74) is 5.54. The van der Waals surface area contributed by atoms with E-state index in [2.05, 4.69) is 5.32 Å². The van der Waals surface area contributed by atoms with Crippen molar-refractivity contribution in [3.05, 3.63) is 29.6 Å². The van der Waals surface area contributed by atoms with Gasteiger partial charge in [-0.15, -0.1) is 0 Å². The summed E-state index contributed by atoms with van der Waals surface area (Å²) in [6.45, 7) is 0.492. The second-order valence-electron chi connectivity index (χ2n) is 4.91. The summed E-state index contributed by atoms with van der Waals surface area (Å²) < 4.78 is 39.5. The second-order valence-corrected chi connectivity index (χ2v) is 4.91. The number of halogens is 3. The van der Waals surface area contributed by atoms with Crippen LogP contribution >= 0.6 is 0 Å². The number of nitrogens with one attached hydrogen (secondary N) is 1. The van der Waals surface area contributed by atoms with Crippen LogP contribution in [0.3, 0.4) is 0 Å². The molecule has 1 saturated carbocycles. The van der Waals surface area contributed by atoms with Crippen molar-refractivity contribution in [1.82, 2.24) is 0 Å². The van der Waals surface area contributed by atoms with Crippen LogP contribution in [0.25, 0.3) is 0 Å². The highest BCUT2D eigenvalue weighted by atomic mass is 19.1. The van der Waals surface area contributed by atoms with Crippen molar-refractivity contribution >= 4 is 5.69 Å². The summed E-state index contributed by atoms with van der Waals surface area (Å²) in [7, 11) is 0. The van der Waals surface area contributed by atoms with Gasteiger partial charge in [-0.3, -0.25) is 0 Å². The van der Waals surface area contributed by atoms with Crippen molar-refractivity contribution in [2.24, 2.45) is 11.7 Å². The molecule has 0 unspecified atom stereocenters. The molecule has 0 bridgehead atoms. The third-order valence-electron chi connectivity index (χ3n) is 3.47. The Bertz CT molecular complexity index is 392. The zero-order valence-corrected chi connectivity index (χ0v) is 10.1. The Balaban J connectivity index is 1.94. The normalized spacial score (nSPS) is 24.0. The largest absolute Gasteiger partial charge is 0.380 e. The summed E-state index contributed by atoms with van der Waals surface area (Å²) in [6.07, 6.45) is 3.80. The Kier molecular flexibility index (Phi) is 4.11. The Hall–Kier alpha value is -1.23. The lowest BCUT2D eigenvalue weighted by Gasteiger charge is -2.26. The molecule has 5 heteroatoms. The van der Waals surface area contributed by atoms with E-state index in [4.69, 9.17) is 5.73 Å². The van der Waals surface area contributed by atoms with Gasteiger partial charge in [-0.1, -0.05) is 0 Å². The maximum absolute atomic E-state index is 13.4. The lowest BCUT2D eigenvalue weighted by atomic mass is 9.86. The Morgan fingerprint density at radius 2 is 1.61 bits per heavy atom. The number of hydrogen-bond donors (Lipinski definition) is 2. The number of anilines is 1. The zero-order chi connectivity index (χ0) is 13.1. The molecule has 2 nitrogen and oxygen atoms in total. The molecule has 1 aromatic rings. The zero-order valence-electron chi connectivity index (χ0n) is 10.1. The number of benzene rings is 1. The van der Waals surface area contributed by atoms with Crippen molar-refractivity contribution in [3.63, 3.8) is 0 Å². The van der Waals surface area contributed by atoms with Gasteiger partial charge in [0.1, 0.15) is 11.5 Å². The van der Waals surface area contributed by atoms with Crippen LogP contribution in [0, 0.1) is 23.4 Å². The van der Waals surface area contributed by atoms with E-state index in [1.54, 1.807) is 0 Å². The van der Waals surface area contributed by atoms with E-state index >= 15 is 0 Å². The predicted octanol–water partition coefficient (Wildman–Crippen LogP) is 3.03. The lowest BCUT2D eigenvalue weighted by Crippen LogP contribution is -2.29. The molecule has 2 rings (SSSR count). The monoisotopic (exact) mass is 258 g/mol. The first-order chi connectivity index (χ1) is 8.56. The fraction of sp³-hybridized carbons (Fsp3) is 0.538. The summed E-state index contributed by atoms with van der Waals surface area (Å²) in [4.78, 5) is 0. The van der Waals surface area contributed by atoms with Gasteiger partial charge in [-0.05, 0) is 31.6 Å². The van der Waals surface area contributed by atoms with Gasteiger partial charge < -0.3 is 11.1 Å². The third kappa shape index (κ3) is 3.16. The number of nitrogens with two attached hydrogens (primary N) is 1. The topological polar surface area (TPSA) is 38.0 Å². The van der Waals surface area contributed by atoms with E-state index in [-0.39, 0.29) is 11.7 Å². The van der Waals surface area contributed by atoms with Crippen LogP contribution in [0.1, 0.15) is 25.7 Å². The SMILES string of the molecule is NC1CCC(CNc2c(F)cc(F)cc2F)CC1. The Labute approximate surface area is 104 Å². The van der Waals surface area contributed by atoms with E-state index in [0.29, 0.717) is 24.6 Å². The van der Waals surface area contributed by atoms with Gasteiger partial charge in [-0.25, -0.2) is 13.2 Å². The van der Waals surface area contributed by atoms with Gasteiger partial charge in [-0.2, -0.15) is 0 Å². The Morgan fingerprint density at radius 3 is 2.17 bits per heavy atom. The van der Waals surface area contributed by atoms with Crippen LogP contribution in [0.4, 0.5) is 18.9 Å². The number of hydrogen-bond acceptors (Lipinski definition) is 2. The van der Waals surface area contributed by atoms with Crippen molar-refractivity contribution in [1.29, 1.82) is 0 Å². The quantitative estimate of drug-likeness (QED) is 0.874. The maximum Gasteiger partial charge on any atom is 0.152 e. The molecular formula is C13H17F3N2. The summed E-state index contributed by atoms with van der Waals surface area (Å²) in [6, 6.07) is 1.62. The van der Waals surface area contributed by atoms with Crippen LogP contribution in [-0.2, 0) is 0 Å². The first-order valence-corrected chi connectivity index (χ1v) is 6.20. The molecule has 0 amide bonds. The Morgan fingerprint density at radius 1 is 1.06 bits per heavy atom. The fourth-order valence-corrected chi connectivity index (χ4v) is 2.35. The minimum absolute atomic E-state index is 0.244. The molecule has 0 atom stereocenters. The minimum atomic E-state index is -0.904. The fourth-order valence-electron chi connectivity index (χ4n) is 2.35. The highest BCUT2D eigenvalue weighted by Crippen LogP contribution is 2.25. The van der Waals surface area contributed by atoms with Crippen LogP contribution in [-0.4, -0.2) is 12.6 Å². The van der Waals surface area contributed by atoms with E-state index in [1.165, 1.54) is 0 Å². The average Bonchev–Trinajstić information content (AvgIpc) is 2.30. The molecule has 0 aromatic heterocycles. The average molecular weight is 258 g/mol.